The summed E-state index contributed by atoms with van der Waals surface area (Å²) in [6.45, 7) is 5.69. The zero-order chi connectivity index (χ0) is 22.5. The Labute approximate surface area is 197 Å². The molecule has 3 aliphatic rings. The van der Waals surface area contributed by atoms with Crippen LogP contribution in [0.3, 0.4) is 0 Å². The number of amides is 1. The van der Waals surface area contributed by atoms with E-state index in [4.69, 9.17) is 10.5 Å². The molecule has 0 radical (unpaired) electrons. The number of pyridine rings is 1. The Balaban J connectivity index is 1.16. The molecule has 2 aromatic heterocycles. The van der Waals surface area contributed by atoms with E-state index in [1.807, 2.05) is 19.1 Å². The van der Waals surface area contributed by atoms with E-state index >= 15 is 0 Å². The summed E-state index contributed by atoms with van der Waals surface area (Å²) in [5, 5.41) is 7.51. The maximum atomic E-state index is 13.0. The maximum Gasteiger partial charge on any atom is 0.263 e. The van der Waals surface area contributed by atoms with Gasteiger partial charge in [0.15, 0.2) is 0 Å². The van der Waals surface area contributed by atoms with E-state index in [1.165, 1.54) is 29.9 Å². The molecule has 5 heterocycles. The highest BCUT2D eigenvalue weighted by atomic mass is 32.1. The lowest BCUT2D eigenvalue weighted by Gasteiger charge is -2.39. The SMILES string of the molecule is Cc1ccc2c(N)c(C(=O)N[C@H]3COc4cc(N5CCC[C@H]6CNC[C@H]65)ccc4C3)sc2n1. The van der Waals surface area contributed by atoms with Crippen molar-refractivity contribution in [1.29, 1.82) is 0 Å². The average molecular weight is 464 g/mol. The topological polar surface area (TPSA) is 92.5 Å². The minimum Gasteiger partial charge on any atom is -0.491 e. The zero-order valence-corrected chi connectivity index (χ0v) is 19.6. The van der Waals surface area contributed by atoms with Crippen LogP contribution in [0, 0.1) is 12.8 Å². The molecule has 4 N–H and O–H groups in total. The number of hydrogen-bond acceptors (Lipinski definition) is 7. The third-order valence-electron chi connectivity index (χ3n) is 7.24. The largest absolute Gasteiger partial charge is 0.491 e. The number of piperidine rings is 1. The Bertz CT molecular complexity index is 1220. The number of thiophene rings is 1. The van der Waals surface area contributed by atoms with Crippen LogP contribution in [0.25, 0.3) is 10.2 Å². The molecule has 3 aromatic rings. The first-order valence-corrected chi connectivity index (χ1v) is 12.6. The van der Waals surface area contributed by atoms with Crippen LogP contribution < -0.4 is 26.0 Å². The number of rotatable bonds is 3. The van der Waals surface area contributed by atoms with Crippen molar-refractivity contribution in [3.8, 4) is 5.75 Å². The fourth-order valence-electron chi connectivity index (χ4n) is 5.53. The smallest absolute Gasteiger partial charge is 0.263 e. The van der Waals surface area contributed by atoms with E-state index in [1.54, 1.807) is 0 Å². The lowest BCUT2D eigenvalue weighted by molar-refractivity contribution is 0.0920. The van der Waals surface area contributed by atoms with Gasteiger partial charge in [0.25, 0.3) is 5.91 Å². The van der Waals surface area contributed by atoms with Gasteiger partial charge < -0.3 is 26.0 Å². The summed E-state index contributed by atoms with van der Waals surface area (Å²) in [4.78, 5) is 21.4. The van der Waals surface area contributed by atoms with Crippen molar-refractivity contribution in [1.82, 2.24) is 15.6 Å². The molecule has 1 amide bonds. The van der Waals surface area contributed by atoms with Gasteiger partial charge in [-0.3, -0.25) is 4.79 Å². The van der Waals surface area contributed by atoms with Crippen LogP contribution in [-0.2, 0) is 6.42 Å². The summed E-state index contributed by atoms with van der Waals surface area (Å²) in [5.41, 5.74) is 10.1. The van der Waals surface area contributed by atoms with Crippen LogP contribution in [0.2, 0.25) is 0 Å². The number of carbonyl (C=O) groups is 1. The van der Waals surface area contributed by atoms with Gasteiger partial charge in [-0.25, -0.2) is 4.98 Å². The molecule has 0 spiro atoms. The fraction of sp³-hybridized carbons (Fsp3) is 0.440. The number of nitrogens with two attached hydrogens (primary N) is 1. The molecule has 1 aromatic carbocycles. The molecule has 8 heteroatoms. The van der Waals surface area contributed by atoms with Crippen molar-refractivity contribution >= 4 is 38.8 Å². The first-order valence-electron chi connectivity index (χ1n) is 11.8. The van der Waals surface area contributed by atoms with Crippen LogP contribution in [0.1, 0.15) is 33.8 Å². The second kappa shape index (κ2) is 8.18. The Hall–Kier alpha value is -2.84. The Morgan fingerprint density at radius 3 is 3.12 bits per heavy atom. The molecular formula is C25H29N5O2S. The van der Waals surface area contributed by atoms with E-state index < -0.39 is 0 Å². The normalized spacial score (nSPS) is 24.3. The molecular weight excluding hydrogens is 434 g/mol. The summed E-state index contributed by atoms with van der Waals surface area (Å²) in [5.74, 6) is 1.53. The van der Waals surface area contributed by atoms with Gasteiger partial charge >= 0.3 is 0 Å². The van der Waals surface area contributed by atoms with Gasteiger partial charge in [-0.2, -0.15) is 0 Å². The average Bonchev–Trinajstić information content (AvgIpc) is 3.43. The quantitative estimate of drug-likeness (QED) is 0.553. The Morgan fingerprint density at radius 1 is 1.30 bits per heavy atom. The molecule has 0 aliphatic carbocycles. The first-order chi connectivity index (χ1) is 16.1. The highest BCUT2D eigenvalue weighted by molar-refractivity contribution is 7.21. The number of fused-ring (bicyclic) bond motifs is 3. The van der Waals surface area contributed by atoms with E-state index in [2.05, 4.69) is 38.7 Å². The van der Waals surface area contributed by atoms with Crippen LogP contribution >= 0.6 is 11.3 Å². The number of aryl methyl sites for hydroxylation is 1. The van der Waals surface area contributed by atoms with Crippen LogP contribution in [0.15, 0.2) is 30.3 Å². The Morgan fingerprint density at radius 2 is 2.21 bits per heavy atom. The summed E-state index contributed by atoms with van der Waals surface area (Å²) < 4.78 is 6.12. The number of nitrogen functional groups attached to an aromatic ring is 1. The second-order valence-electron chi connectivity index (χ2n) is 9.45. The lowest BCUT2D eigenvalue weighted by Crippen LogP contribution is -2.45. The number of benzene rings is 1. The first kappa shape index (κ1) is 20.7. The molecule has 0 bridgehead atoms. The Kier molecular flexibility index (Phi) is 5.14. The number of aromatic nitrogens is 1. The van der Waals surface area contributed by atoms with Gasteiger partial charge in [0.05, 0.1) is 11.7 Å². The molecule has 3 atom stereocenters. The molecule has 0 saturated carbocycles. The lowest BCUT2D eigenvalue weighted by atomic mass is 9.91. The molecule has 2 saturated heterocycles. The summed E-state index contributed by atoms with van der Waals surface area (Å²) in [6.07, 6.45) is 3.30. The number of nitrogens with zero attached hydrogens (tertiary/aromatic N) is 2. The highest BCUT2D eigenvalue weighted by Gasteiger charge is 2.35. The molecule has 3 aliphatic heterocycles. The van der Waals surface area contributed by atoms with Crippen LogP contribution in [0.5, 0.6) is 5.75 Å². The van der Waals surface area contributed by atoms with E-state index in [0.717, 1.165) is 59.2 Å². The number of ether oxygens (including phenoxy) is 1. The highest BCUT2D eigenvalue weighted by Crippen LogP contribution is 2.36. The van der Waals surface area contributed by atoms with Crippen LogP contribution in [0.4, 0.5) is 11.4 Å². The third-order valence-corrected chi connectivity index (χ3v) is 8.36. The molecule has 0 unspecified atom stereocenters. The predicted molar refractivity (Wildman–Crippen MR) is 132 cm³/mol. The van der Waals surface area contributed by atoms with Gasteiger partial charge in [0.1, 0.15) is 22.1 Å². The second-order valence-corrected chi connectivity index (χ2v) is 10.4. The molecule has 172 valence electrons. The molecule has 7 nitrogen and oxygen atoms in total. The van der Waals surface area contributed by atoms with Gasteiger partial charge in [0, 0.05) is 48.5 Å². The fourth-order valence-corrected chi connectivity index (χ4v) is 6.57. The minimum absolute atomic E-state index is 0.0893. The van der Waals surface area contributed by atoms with Crippen LogP contribution in [-0.4, -0.2) is 49.2 Å². The van der Waals surface area contributed by atoms with Crippen molar-refractivity contribution < 1.29 is 9.53 Å². The van der Waals surface area contributed by atoms with Gasteiger partial charge in [0.2, 0.25) is 0 Å². The molecule has 33 heavy (non-hydrogen) atoms. The van der Waals surface area contributed by atoms with E-state index in [9.17, 15) is 4.79 Å². The maximum absolute atomic E-state index is 13.0. The summed E-state index contributed by atoms with van der Waals surface area (Å²) >= 11 is 1.35. The molecule has 6 rings (SSSR count). The predicted octanol–water partition coefficient (Wildman–Crippen LogP) is 3.11. The third kappa shape index (κ3) is 3.71. The van der Waals surface area contributed by atoms with Crippen molar-refractivity contribution in [3.05, 3.63) is 46.5 Å². The van der Waals surface area contributed by atoms with Gasteiger partial charge in [-0.15, -0.1) is 11.3 Å². The number of anilines is 2. The molecule has 2 fully saturated rings. The van der Waals surface area contributed by atoms with E-state index in [-0.39, 0.29) is 11.9 Å². The van der Waals surface area contributed by atoms with Crippen molar-refractivity contribution in [2.75, 3.05) is 36.9 Å². The zero-order valence-electron chi connectivity index (χ0n) is 18.8. The summed E-state index contributed by atoms with van der Waals surface area (Å²) in [6, 6.07) is 10.9. The standard InChI is InChI=1S/C25H29N5O2S/c1-14-4-7-19-22(26)23(33-25(19)28-14)24(31)29-17-9-15-5-6-18(10-21(15)32-13-17)30-8-2-3-16-11-27-12-20(16)30/h4-7,10,16-17,20,27H,2-3,8-9,11-13,26H2,1H3,(H,29,31)/t16-,17+,20+/m0/s1. The van der Waals surface area contributed by atoms with Gasteiger partial charge in [-0.05, 0) is 55.9 Å². The number of nitrogens with one attached hydrogen (secondary N) is 2. The van der Waals surface area contributed by atoms with Crippen molar-refractivity contribution in [2.45, 2.75) is 38.3 Å². The monoisotopic (exact) mass is 463 g/mol. The van der Waals surface area contributed by atoms with Crippen molar-refractivity contribution in [2.24, 2.45) is 5.92 Å². The minimum atomic E-state index is -0.157. The number of carbonyl (C=O) groups excluding carboxylic acids is 1. The van der Waals surface area contributed by atoms with Crippen molar-refractivity contribution in [3.63, 3.8) is 0 Å². The number of hydrogen-bond donors (Lipinski definition) is 3. The summed E-state index contributed by atoms with van der Waals surface area (Å²) in [7, 11) is 0. The van der Waals surface area contributed by atoms with E-state index in [0.29, 0.717) is 23.2 Å². The van der Waals surface area contributed by atoms with Gasteiger partial charge in [-0.1, -0.05) is 6.07 Å².